The Morgan fingerprint density at radius 1 is 1.56 bits per heavy atom. The van der Waals surface area contributed by atoms with Crippen LogP contribution in [0.15, 0.2) is 11.4 Å². The number of anilines is 2. The summed E-state index contributed by atoms with van der Waals surface area (Å²) in [6, 6.07) is 2.14. The van der Waals surface area contributed by atoms with Crippen molar-refractivity contribution < 1.29 is 4.79 Å². The molecule has 1 aliphatic heterocycles. The van der Waals surface area contributed by atoms with Gasteiger partial charge in [-0.05, 0) is 17.9 Å². The molecule has 0 aromatic carbocycles. The first kappa shape index (κ1) is 11.2. The molecule has 3 rings (SSSR count). The molecule has 1 amide bonds. The Morgan fingerprint density at radius 3 is 3.22 bits per heavy atom. The summed E-state index contributed by atoms with van der Waals surface area (Å²) in [4.78, 5) is 20.3. The van der Waals surface area contributed by atoms with E-state index in [-0.39, 0.29) is 17.9 Å². The van der Waals surface area contributed by atoms with E-state index in [0.29, 0.717) is 13.0 Å². The Kier molecular flexibility index (Phi) is 2.75. The van der Waals surface area contributed by atoms with Crippen molar-refractivity contribution >= 4 is 39.2 Å². The van der Waals surface area contributed by atoms with Crippen molar-refractivity contribution in [3.05, 3.63) is 11.4 Å². The molecule has 3 heterocycles. The fraction of sp³-hybridized carbons (Fsp3) is 0.364. The van der Waals surface area contributed by atoms with E-state index < -0.39 is 0 Å². The first-order valence-electron chi connectivity index (χ1n) is 5.76. The first-order valence-corrected chi connectivity index (χ1v) is 6.64. The SMILES string of the molecule is Nc1nc(NCC2CCC(=O)N2)c2ccsc2n1. The average molecular weight is 263 g/mol. The van der Waals surface area contributed by atoms with E-state index in [1.54, 1.807) is 0 Å². The third-order valence-corrected chi connectivity index (χ3v) is 3.75. The predicted molar refractivity (Wildman–Crippen MR) is 71.5 cm³/mol. The van der Waals surface area contributed by atoms with Crippen molar-refractivity contribution in [2.45, 2.75) is 18.9 Å². The van der Waals surface area contributed by atoms with Crippen molar-refractivity contribution in [1.29, 1.82) is 0 Å². The lowest BCUT2D eigenvalue weighted by atomic mass is 10.2. The van der Waals surface area contributed by atoms with Crippen LogP contribution in [0.3, 0.4) is 0 Å². The number of rotatable bonds is 3. The quantitative estimate of drug-likeness (QED) is 0.767. The number of fused-ring (bicyclic) bond motifs is 1. The fourth-order valence-electron chi connectivity index (χ4n) is 2.06. The third kappa shape index (κ3) is 2.08. The van der Waals surface area contributed by atoms with Crippen LogP contribution in [0.2, 0.25) is 0 Å². The summed E-state index contributed by atoms with van der Waals surface area (Å²) in [5.41, 5.74) is 5.66. The Balaban J connectivity index is 1.77. The molecule has 18 heavy (non-hydrogen) atoms. The molecule has 94 valence electrons. The molecule has 7 heteroatoms. The van der Waals surface area contributed by atoms with Gasteiger partial charge < -0.3 is 16.4 Å². The van der Waals surface area contributed by atoms with Crippen molar-refractivity contribution in [2.24, 2.45) is 0 Å². The van der Waals surface area contributed by atoms with Crippen LogP contribution in [-0.2, 0) is 4.79 Å². The average Bonchev–Trinajstić information content (AvgIpc) is 2.94. The van der Waals surface area contributed by atoms with Crippen LogP contribution in [0.4, 0.5) is 11.8 Å². The second kappa shape index (κ2) is 4.41. The van der Waals surface area contributed by atoms with Gasteiger partial charge in [0.15, 0.2) is 0 Å². The topological polar surface area (TPSA) is 92.9 Å². The van der Waals surface area contributed by atoms with Crippen LogP contribution in [-0.4, -0.2) is 28.5 Å². The van der Waals surface area contributed by atoms with Crippen LogP contribution in [0.25, 0.3) is 10.2 Å². The van der Waals surface area contributed by atoms with E-state index in [0.717, 1.165) is 22.5 Å². The Hall–Kier alpha value is -1.89. The molecule has 0 saturated carbocycles. The molecule has 1 fully saturated rings. The smallest absolute Gasteiger partial charge is 0.223 e. The van der Waals surface area contributed by atoms with Gasteiger partial charge in [0.25, 0.3) is 0 Å². The van der Waals surface area contributed by atoms with Gasteiger partial charge in [0.05, 0.1) is 5.39 Å². The molecule has 0 spiro atoms. The maximum absolute atomic E-state index is 11.1. The second-order valence-corrected chi connectivity index (χ2v) is 5.15. The summed E-state index contributed by atoms with van der Waals surface area (Å²) < 4.78 is 0. The van der Waals surface area contributed by atoms with Gasteiger partial charge in [0, 0.05) is 19.0 Å². The standard InChI is InChI=1S/C11H13N5OS/c12-11-15-9(7-3-4-18-10(7)16-11)13-5-6-1-2-8(17)14-6/h3-4,6H,1-2,5H2,(H,14,17)(H3,12,13,15,16). The van der Waals surface area contributed by atoms with Crippen LogP contribution >= 0.6 is 11.3 Å². The molecule has 1 saturated heterocycles. The minimum Gasteiger partial charge on any atom is -0.368 e. The molecule has 2 aromatic rings. The number of carbonyl (C=O) groups excluding carboxylic acids is 1. The minimum absolute atomic E-state index is 0.115. The highest BCUT2D eigenvalue weighted by Gasteiger charge is 2.20. The normalized spacial score (nSPS) is 19.1. The number of nitrogens with one attached hydrogen (secondary N) is 2. The molecule has 0 bridgehead atoms. The van der Waals surface area contributed by atoms with Crippen molar-refractivity contribution in [3.63, 3.8) is 0 Å². The molecule has 1 atom stereocenters. The zero-order valence-electron chi connectivity index (χ0n) is 9.64. The van der Waals surface area contributed by atoms with Crippen molar-refractivity contribution in [1.82, 2.24) is 15.3 Å². The summed E-state index contributed by atoms with van der Waals surface area (Å²) >= 11 is 1.53. The predicted octanol–water partition coefficient (Wildman–Crippen LogP) is 0.964. The Bertz CT molecular complexity index is 596. The number of nitrogens with two attached hydrogens (primary N) is 1. The summed E-state index contributed by atoms with van der Waals surface area (Å²) in [6.07, 6.45) is 1.46. The van der Waals surface area contributed by atoms with Crippen molar-refractivity contribution in [3.8, 4) is 0 Å². The Morgan fingerprint density at radius 2 is 2.44 bits per heavy atom. The van der Waals surface area contributed by atoms with E-state index in [1.807, 2.05) is 11.4 Å². The third-order valence-electron chi connectivity index (χ3n) is 2.94. The van der Waals surface area contributed by atoms with Gasteiger partial charge in [-0.15, -0.1) is 11.3 Å². The molecule has 1 aliphatic rings. The van der Waals surface area contributed by atoms with E-state index in [9.17, 15) is 4.79 Å². The summed E-state index contributed by atoms with van der Waals surface area (Å²) in [6.45, 7) is 0.660. The maximum atomic E-state index is 11.1. The van der Waals surface area contributed by atoms with Gasteiger partial charge in [0.1, 0.15) is 10.6 Å². The van der Waals surface area contributed by atoms with Gasteiger partial charge in [-0.25, -0.2) is 4.98 Å². The zero-order chi connectivity index (χ0) is 12.5. The van der Waals surface area contributed by atoms with Crippen LogP contribution in [0.5, 0.6) is 0 Å². The number of hydrogen-bond acceptors (Lipinski definition) is 6. The number of hydrogen-bond donors (Lipinski definition) is 3. The van der Waals surface area contributed by atoms with Crippen LogP contribution in [0, 0.1) is 0 Å². The van der Waals surface area contributed by atoms with Gasteiger partial charge >= 0.3 is 0 Å². The Labute approximate surface area is 108 Å². The second-order valence-electron chi connectivity index (χ2n) is 4.25. The number of amides is 1. The van der Waals surface area contributed by atoms with E-state index in [1.165, 1.54) is 11.3 Å². The lowest BCUT2D eigenvalue weighted by Crippen LogP contribution is -2.32. The first-order chi connectivity index (χ1) is 8.72. The molecule has 0 radical (unpaired) electrons. The molecule has 0 aliphatic carbocycles. The number of aromatic nitrogens is 2. The minimum atomic E-state index is 0.115. The number of nitrogens with zero attached hydrogens (tertiary/aromatic N) is 2. The largest absolute Gasteiger partial charge is 0.368 e. The number of carbonyl (C=O) groups is 1. The van der Waals surface area contributed by atoms with Crippen LogP contribution < -0.4 is 16.4 Å². The van der Waals surface area contributed by atoms with E-state index in [4.69, 9.17) is 5.73 Å². The number of thiophene rings is 1. The highest BCUT2D eigenvalue weighted by molar-refractivity contribution is 7.16. The van der Waals surface area contributed by atoms with Gasteiger partial charge in [-0.2, -0.15) is 4.98 Å². The van der Waals surface area contributed by atoms with E-state index >= 15 is 0 Å². The number of nitrogen functional groups attached to an aromatic ring is 1. The lowest BCUT2D eigenvalue weighted by molar-refractivity contribution is -0.119. The summed E-state index contributed by atoms with van der Waals surface area (Å²) in [5, 5.41) is 9.08. The maximum Gasteiger partial charge on any atom is 0.223 e. The van der Waals surface area contributed by atoms with Gasteiger partial charge in [-0.1, -0.05) is 0 Å². The summed E-state index contributed by atoms with van der Waals surface area (Å²) in [5.74, 6) is 1.12. The van der Waals surface area contributed by atoms with Gasteiger partial charge in [0.2, 0.25) is 11.9 Å². The zero-order valence-corrected chi connectivity index (χ0v) is 10.5. The highest BCUT2D eigenvalue weighted by Crippen LogP contribution is 2.25. The molecular weight excluding hydrogens is 250 g/mol. The fourth-order valence-corrected chi connectivity index (χ4v) is 2.83. The van der Waals surface area contributed by atoms with Crippen molar-refractivity contribution in [2.75, 3.05) is 17.6 Å². The van der Waals surface area contributed by atoms with E-state index in [2.05, 4.69) is 20.6 Å². The summed E-state index contributed by atoms with van der Waals surface area (Å²) in [7, 11) is 0. The lowest BCUT2D eigenvalue weighted by Gasteiger charge is -2.12. The molecule has 4 N–H and O–H groups in total. The molecule has 1 unspecified atom stereocenters. The molecule has 6 nitrogen and oxygen atoms in total. The molecular formula is C11H13N5OS. The highest BCUT2D eigenvalue weighted by atomic mass is 32.1. The van der Waals surface area contributed by atoms with Crippen LogP contribution in [0.1, 0.15) is 12.8 Å². The molecule has 2 aromatic heterocycles. The van der Waals surface area contributed by atoms with Gasteiger partial charge in [-0.3, -0.25) is 4.79 Å². The monoisotopic (exact) mass is 263 g/mol.